The summed E-state index contributed by atoms with van der Waals surface area (Å²) in [6, 6.07) is 10.3. The lowest BCUT2D eigenvalue weighted by molar-refractivity contribution is 0.789. The summed E-state index contributed by atoms with van der Waals surface area (Å²) >= 11 is 1.68. The van der Waals surface area contributed by atoms with Gasteiger partial charge in [-0.1, -0.05) is 54.2 Å². The molecule has 3 nitrogen and oxygen atoms in total. The second-order valence-electron chi connectivity index (χ2n) is 3.35. The van der Waals surface area contributed by atoms with E-state index in [0.717, 1.165) is 10.9 Å². The molecule has 2 aromatic rings. The number of nitrogens with zero attached hydrogens (tertiary/aromatic N) is 3. The molecule has 4 heteroatoms. The van der Waals surface area contributed by atoms with Crippen LogP contribution in [0.25, 0.3) is 6.08 Å². The maximum Gasteiger partial charge on any atom is 0.191 e. The highest BCUT2D eigenvalue weighted by molar-refractivity contribution is 7.99. The number of hydrogen-bond acceptors (Lipinski definition) is 3. The third-order valence-electron chi connectivity index (χ3n) is 2.09. The zero-order valence-corrected chi connectivity index (χ0v) is 9.89. The fourth-order valence-corrected chi connectivity index (χ4v) is 1.97. The highest BCUT2D eigenvalue weighted by Crippen LogP contribution is 2.13. The molecule has 0 bridgehead atoms. The van der Waals surface area contributed by atoms with Crippen LogP contribution in [0.1, 0.15) is 5.56 Å². The Bertz CT molecular complexity index is 462. The van der Waals surface area contributed by atoms with Gasteiger partial charge in [-0.05, 0) is 5.56 Å². The lowest BCUT2D eigenvalue weighted by Gasteiger charge is -1.96. The first-order valence-corrected chi connectivity index (χ1v) is 6.03. The van der Waals surface area contributed by atoms with E-state index in [-0.39, 0.29) is 0 Å². The molecule has 16 heavy (non-hydrogen) atoms. The van der Waals surface area contributed by atoms with Gasteiger partial charge in [-0.3, -0.25) is 0 Å². The van der Waals surface area contributed by atoms with Crippen molar-refractivity contribution < 1.29 is 0 Å². The number of hydrogen-bond donors (Lipinski definition) is 0. The van der Waals surface area contributed by atoms with Gasteiger partial charge in [0.15, 0.2) is 5.16 Å². The Morgan fingerprint density at radius 2 is 2.12 bits per heavy atom. The van der Waals surface area contributed by atoms with Crippen molar-refractivity contribution >= 4 is 17.8 Å². The van der Waals surface area contributed by atoms with Crippen molar-refractivity contribution in [2.75, 3.05) is 5.75 Å². The first kappa shape index (κ1) is 11.0. The lowest BCUT2D eigenvalue weighted by Crippen LogP contribution is -1.88. The van der Waals surface area contributed by atoms with Crippen molar-refractivity contribution in [3.8, 4) is 0 Å². The van der Waals surface area contributed by atoms with Crippen LogP contribution in [0.15, 0.2) is 47.9 Å². The van der Waals surface area contributed by atoms with Gasteiger partial charge in [-0.15, -0.1) is 10.2 Å². The van der Waals surface area contributed by atoms with E-state index >= 15 is 0 Å². The van der Waals surface area contributed by atoms with Crippen LogP contribution in [0.5, 0.6) is 0 Å². The third kappa shape index (κ3) is 2.97. The van der Waals surface area contributed by atoms with Gasteiger partial charge in [-0.2, -0.15) is 0 Å². The minimum atomic E-state index is 0.904. The molecule has 0 atom stereocenters. The van der Waals surface area contributed by atoms with E-state index < -0.39 is 0 Å². The Morgan fingerprint density at radius 3 is 2.81 bits per heavy atom. The van der Waals surface area contributed by atoms with Crippen LogP contribution in [0.4, 0.5) is 0 Å². The molecule has 82 valence electrons. The van der Waals surface area contributed by atoms with Crippen molar-refractivity contribution in [2.45, 2.75) is 5.16 Å². The quantitative estimate of drug-likeness (QED) is 0.758. The Kier molecular flexibility index (Phi) is 3.77. The summed E-state index contributed by atoms with van der Waals surface area (Å²) in [6.07, 6.45) is 5.96. The summed E-state index contributed by atoms with van der Waals surface area (Å²) < 4.78 is 1.92. The van der Waals surface area contributed by atoms with Crippen LogP contribution in [0.2, 0.25) is 0 Å². The average molecular weight is 231 g/mol. The Morgan fingerprint density at radius 1 is 1.31 bits per heavy atom. The molecular formula is C12H13N3S. The molecule has 0 aliphatic rings. The molecule has 0 radical (unpaired) electrons. The van der Waals surface area contributed by atoms with Gasteiger partial charge in [0.25, 0.3) is 0 Å². The maximum atomic E-state index is 4.00. The van der Waals surface area contributed by atoms with Gasteiger partial charge in [0.05, 0.1) is 0 Å². The molecule has 0 aliphatic heterocycles. The van der Waals surface area contributed by atoms with E-state index in [1.807, 2.05) is 29.8 Å². The summed E-state index contributed by atoms with van der Waals surface area (Å²) in [5, 5.41) is 8.77. The van der Waals surface area contributed by atoms with E-state index in [2.05, 4.69) is 34.5 Å². The number of thioether (sulfide) groups is 1. The van der Waals surface area contributed by atoms with Gasteiger partial charge in [0, 0.05) is 12.8 Å². The van der Waals surface area contributed by atoms with Crippen molar-refractivity contribution in [1.29, 1.82) is 0 Å². The van der Waals surface area contributed by atoms with E-state index in [1.54, 1.807) is 18.1 Å². The molecule has 1 heterocycles. The van der Waals surface area contributed by atoms with E-state index in [0.29, 0.717) is 0 Å². The van der Waals surface area contributed by atoms with Gasteiger partial charge < -0.3 is 4.57 Å². The molecule has 0 N–H and O–H groups in total. The summed E-state index contributed by atoms with van der Waals surface area (Å²) in [5.41, 5.74) is 1.22. The fraction of sp³-hybridized carbons (Fsp3) is 0.167. The molecule has 0 unspecified atom stereocenters. The largest absolute Gasteiger partial charge is 0.312 e. The monoisotopic (exact) mass is 231 g/mol. The lowest BCUT2D eigenvalue weighted by atomic mass is 10.2. The topological polar surface area (TPSA) is 30.7 Å². The summed E-state index contributed by atoms with van der Waals surface area (Å²) in [6.45, 7) is 0. The molecular weight excluding hydrogens is 218 g/mol. The first-order chi connectivity index (χ1) is 7.86. The normalized spacial score (nSPS) is 11.1. The number of benzene rings is 1. The van der Waals surface area contributed by atoms with Gasteiger partial charge in [0.2, 0.25) is 0 Å². The SMILES string of the molecule is Cn1cnnc1SC/C=C/c1ccccc1. The number of rotatable bonds is 4. The predicted molar refractivity (Wildman–Crippen MR) is 67.2 cm³/mol. The summed E-state index contributed by atoms with van der Waals surface area (Å²) in [5.74, 6) is 0.904. The second-order valence-corrected chi connectivity index (χ2v) is 4.34. The predicted octanol–water partition coefficient (Wildman–Crippen LogP) is 2.62. The minimum Gasteiger partial charge on any atom is -0.312 e. The smallest absolute Gasteiger partial charge is 0.191 e. The van der Waals surface area contributed by atoms with Crippen LogP contribution >= 0.6 is 11.8 Å². The molecule has 0 fully saturated rings. The van der Waals surface area contributed by atoms with E-state index in [4.69, 9.17) is 0 Å². The standard InChI is InChI=1S/C12H13N3S/c1-15-10-13-14-12(15)16-9-5-8-11-6-3-2-4-7-11/h2-8,10H,9H2,1H3/b8-5+. The number of aryl methyl sites for hydroxylation is 1. The van der Waals surface area contributed by atoms with Crippen molar-refractivity contribution in [3.63, 3.8) is 0 Å². The molecule has 0 saturated heterocycles. The molecule has 0 aliphatic carbocycles. The fourth-order valence-electron chi connectivity index (χ4n) is 1.27. The molecule has 2 rings (SSSR count). The Labute approximate surface area is 99.2 Å². The maximum absolute atomic E-state index is 4.00. The zero-order valence-electron chi connectivity index (χ0n) is 9.08. The van der Waals surface area contributed by atoms with Gasteiger partial charge in [0.1, 0.15) is 6.33 Å². The van der Waals surface area contributed by atoms with E-state index in [9.17, 15) is 0 Å². The van der Waals surface area contributed by atoms with E-state index in [1.165, 1.54) is 5.56 Å². The zero-order chi connectivity index (χ0) is 11.2. The first-order valence-electron chi connectivity index (χ1n) is 5.04. The van der Waals surface area contributed by atoms with Crippen molar-refractivity contribution in [1.82, 2.24) is 14.8 Å². The Balaban J connectivity index is 1.85. The molecule has 1 aromatic carbocycles. The van der Waals surface area contributed by atoms with Gasteiger partial charge in [-0.25, -0.2) is 0 Å². The van der Waals surface area contributed by atoms with Crippen molar-refractivity contribution in [2.24, 2.45) is 7.05 Å². The molecule has 1 aromatic heterocycles. The highest BCUT2D eigenvalue weighted by Gasteiger charge is 1.97. The van der Waals surface area contributed by atoms with Gasteiger partial charge >= 0.3 is 0 Å². The average Bonchev–Trinajstić information content (AvgIpc) is 2.72. The molecule has 0 spiro atoms. The van der Waals surface area contributed by atoms with Crippen LogP contribution in [0, 0.1) is 0 Å². The molecule has 0 saturated carbocycles. The summed E-state index contributed by atoms with van der Waals surface area (Å²) in [4.78, 5) is 0. The van der Waals surface area contributed by atoms with Crippen molar-refractivity contribution in [3.05, 3.63) is 48.3 Å². The van der Waals surface area contributed by atoms with Crippen LogP contribution in [-0.4, -0.2) is 20.5 Å². The van der Waals surface area contributed by atoms with Crippen LogP contribution in [0.3, 0.4) is 0 Å². The number of aromatic nitrogens is 3. The molecule has 0 amide bonds. The second kappa shape index (κ2) is 5.51. The Hall–Kier alpha value is -1.55. The van der Waals surface area contributed by atoms with Crippen LogP contribution in [-0.2, 0) is 7.05 Å². The highest BCUT2D eigenvalue weighted by atomic mass is 32.2. The minimum absolute atomic E-state index is 0.904. The summed E-state index contributed by atoms with van der Waals surface area (Å²) in [7, 11) is 1.95. The van der Waals surface area contributed by atoms with Crippen LogP contribution < -0.4 is 0 Å². The third-order valence-corrected chi connectivity index (χ3v) is 3.08.